The van der Waals surface area contributed by atoms with Crippen molar-refractivity contribution in [2.75, 3.05) is 25.0 Å². The number of rotatable bonds is 2. The summed E-state index contributed by atoms with van der Waals surface area (Å²) in [5.74, 6) is -1.90. The monoisotopic (exact) mass is 472 g/mol. The van der Waals surface area contributed by atoms with Crippen LogP contribution in [0.5, 0.6) is 5.75 Å². The molecule has 4 rings (SSSR count). The molecule has 2 aliphatic rings. The van der Waals surface area contributed by atoms with Crippen LogP contribution in [0, 0.1) is 11.7 Å². The molecule has 1 fully saturated rings. The van der Waals surface area contributed by atoms with Crippen molar-refractivity contribution in [3.8, 4) is 5.75 Å². The van der Waals surface area contributed by atoms with E-state index in [-0.39, 0.29) is 46.7 Å². The van der Waals surface area contributed by atoms with Gasteiger partial charge in [0.05, 0.1) is 11.6 Å². The number of aromatic nitrogens is 1. The third-order valence-corrected chi connectivity index (χ3v) is 7.02. The zero-order valence-electron chi connectivity index (χ0n) is 16.1. The zero-order chi connectivity index (χ0) is 22.5. The summed E-state index contributed by atoms with van der Waals surface area (Å²) in [6.07, 6.45) is 0.0939. The number of anilines is 1. The van der Waals surface area contributed by atoms with Gasteiger partial charge in [0.1, 0.15) is 10.7 Å². The number of sulfonamides is 1. The van der Waals surface area contributed by atoms with Crippen LogP contribution in [-0.2, 0) is 17.1 Å². The van der Waals surface area contributed by atoms with Gasteiger partial charge < -0.3 is 24.6 Å². The Morgan fingerprint density at radius 2 is 2.10 bits per heavy atom. The number of ether oxygens (including phenoxy) is 1. The van der Waals surface area contributed by atoms with E-state index in [9.17, 15) is 27.5 Å². The maximum absolute atomic E-state index is 13.4. The quantitative estimate of drug-likeness (QED) is 0.610. The van der Waals surface area contributed by atoms with Crippen molar-refractivity contribution in [1.82, 2.24) is 14.2 Å². The van der Waals surface area contributed by atoms with Gasteiger partial charge in [-0.05, 0) is 18.2 Å². The molecule has 3 N–H and O–H groups in total. The Morgan fingerprint density at radius 1 is 1.35 bits per heavy atom. The highest BCUT2D eigenvalue weighted by molar-refractivity contribution is 7.89. The molecule has 1 saturated heterocycles. The van der Waals surface area contributed by atoms with Gasteiger partial charge in [0, 0.05) is 44.0 Å². The highest BCUT2D eigenvalue weighted by Gasteiger charge is 2.42. The molecule has 0 radical (unpaired) electrons. The number of nitrogens with zero attached hydrogens (tertiary/aromatic N) is 2. The Balaban J connectivity index is 1.67. The smallest absolute Gasteiger partial charge is 0.407 e. The molecule has 166 valence electrons. The molecule has 0 spiro atoms. The zero-order valence-corrected chi connectivity index (χ0v) is 17.7. The predicted molar refractivity (Wildman–Crippen MR) is 107 cm³/mol. The highest BCUT2D eigenvalue weighted by atomic mass is 35.5. The molecule has 1 aromatic carbocycles. The van der Waals surface area contributed by atoms with Gasteiger partial charge in [-0.15, -0.1) is 0 Å². The SMILES string of the molecule is Cn1cc2c(c1C(=O)Nc1ccc(F)c(Cl)c1)OC[C@@H]1CN(C(=O)O)C[C@@H]1NS2(=O)=O. The second-order valence-electron chi connectivity index (χ2n) is 7.35. The topological polar surface area (TPSA) is 130 Å². The summed E-state index contributed by atoms with van der Waals surface area (Å²) < 4.78 is 48.8. The van der Waals surface area contributed by atoms with Crippen LogP contribution in [0.4, 0.5) is 14.9 Å². The van der Waals surface area contributed by atoms with Crippen LogP contribution < -0.4 is 14.8 Å². The van der Waals surface area contributed by atoms with Gasteiger partial charge >= 0.3 is 6.09 Å². The number of carbonyl (C=O) groups excluding carboxylic acids is 1. The number of benzene rings is 1. The van der Waals surface area contributed by atoms with E-state index < -0.39 is 39.8 Å². The molecule has 0 unspecified atom stereocenters. The van der Waals surface area contributed by atoms with Crippen LogP contribution >= 0.6 is 11.6 Å². The third kappa shape index (κ3) is 3.93. The number of hydrogen-bond acceptors (Lipinski definition) is 5. The molecular formula is C18H18ClFN4O6S. The summed E-state index contributed by atoms with van der Waals surface area (Å²) in [7, 11) is -2.60. The first-order valence-electron chi connectivity index (χ1n) is 9.15. The largest absolute Gasteiger partial charge is 0.489 e. The lowest BCUT2D eigenvalue weighted by Gasteiger charge is -2.23. The molecule has 1 aromatic heterocycles. The van der Waals surface area contributed by atoms with Crippen LogP contribution in [0.2, 0.25) is 5.02 Å². The maximum atomic E-state index is 13.4. The number of halogens is 2. The maximum Gasteiger partial charge on any atom is 0.407 e. The summed E-state index contributed by atoms with van der Waals surface area (Å²) in [6, 6.07) is 2.99. The minimum Gasteiger partial charge on any atom is -0.489 e. The second kappa shape index (κ2) is 7.70. The van der Waals surface area contributed by atoms with Crippen molar-refractivity contribution in [3.05, 3.63) is 40.9 Å². The van der Waals surface area contributed by atoms with Crippen molar-refractivity contribution >= 4 is 39.3 Å². The molecule has 3 heterocycles. The van der Waals surface area contributed by atoms with Crippen molar-refractivity contribution in [3.63, 3.8) is 0 Å². The van der Waals surface area contributed by atoms with Gasteiger partial charge in [0.2, 0.25) is 10.0 Å². The van der Waals surface area contributed by atoms with Crippen LogP contribution in [-0.4, -0.2) is 60.7 Å². The Labute approximate surface area is 181 Å². The number of fused-ring (bicyclic) bond motifs is 2. The molecule has 10 nitrogen and oxygen atoms in total. The minimum absolute atomic E-state index is 0.00340. The summed E-state index contributed by atoms with van der Waals surface area (Å²) in [4.78, 5) is 25.0. The van der Waals surface area contributed by atoms with Crippen molar-refractivity contribution < 1.29 is 32.2 Å². The Hall–Kier alpha value is -2.83. The molecule has 0 bridgehead atoms. The van der Waals surface area contributed by atoms with E-state index in [4.69, 9.17) is 16.3 Å². The van der Waals surface area contributed by atoms with Crippen LogP contribution in [0.15, 0.2) is 29.3 Å². The van der Waals surface area contributed by atoms with E-state index in [1.165, 1.54) is 29.9 Å². The first-order chi connectivity index (χ1) is 14.6. The molecule has 2 aliphatic heterocycles. The Morgan fingerprint density at radius 3 is 2.77 bits per heavy atom. The van der Waals surface area contributed by atoms with Gasteiger partial charge in [0.25, 0.3) is 5.91 Å². The Kier molecular flexibility index (Phi) is 5.31. The van der Waals surface area contributed by atoms with Crippen LogP contribution in [0.1, 0.15) is 10.5 Å². The van der Waals surface area contributed by atoms with Crippen molar-refractivity contribution in [2.24, 2.45) is 13.0 Å². The summed E-state index contributed by atoms with van der Waals surface area (Å²) in [5.41, 5.74) is 0.151. The Bertz CT molecular complexity index is 1180. The van der Waals surface area contributed by atoms with Crippen LogP contribution in [0.25, 0.3) is 0 Å². The number of carbonyl (C=O) groups is 2. The van der Waals surface area contributed by atoms with E-state index in [1.54, 1.807) is 0 Å². The summed E-state index contributed by atoms with van der Waals surface area (Å²) in [5, 5.41) is 11.6. The number of aryl methyl sites for hydroxylation is 1. The fourth-order valence-electron chi connectivity index (χ4n) is 3.72. The molecule has 0 aliphatic carbocycles. The normalized spacial score (nSPS) is 22.0. The fourth-order valence-corrected chi connectivity index (χ4v) is 5.39. The summed E-state index contributed by atoms with van der Waals surface area (Å²) in [6.45, 7) is 0.111. The van der Waals surface area contributed by atoms with Crippen molar-refractivity contribution in [2.45, 2.75) is 10.9 Å². The summed E-state index contributed by atoms with van der Waals surface area (Å²) >= 11 is 5.74. The number of carboxylic acid groups (broad SMARTS) is 1. The van der Waals surface area contributed by atoms with Gasteiger partial charge in [-0.2, -0.15) is 0 Å². The van der Waals surface area contributed by atoms with E-state index in [0.29, 0.717) is 0 Å². The predicted octanol–water partition coefficient (Wildman–Crippen LogP) is 1.72. The molecule has 2 amide bonds. The average Bonchev–Trinajstić information content (AvgIpc) is 3.22. The first kappa shape index (κ1) is 21.4. The molecule has 0 saturated carbocycles. The molecule has 31 heavy (non-hydrogen) atoms. The standard InChI is InChI=1S/C18H18ClFN4O6S/c1-23-7-14-16(15(23)17(25)21-10-2-3-12(20)11(19)4-10)30-8-9-5-24(18(26)27)6-13(9)22-31(14,28)29/h2-4,7,9,13,22H,5-6,8H2,1H3,(H,21,25)(H,26,27)/t9-,13-/m0/s1. The highest BCUT2D eigenvalue weighted by Crippen LogP contribution is 2.34. The molecule has 2 aromatic rings. The lowest BCUT2D eigenvalue weighted by atomic mass is 10.1. The average molecular weight is 473 g/mol. The van der Waals surface area contributed by atoms with E-state index in [0.717, 1.165) is 11.0 Å². The molecular weight excluding hydrogens is 455 g/mol. The van der Waals surface area contributed by atoms with Crippen LogP contribution in [0.3, 0.4) is 0 Å². The number of likely N-dealkylation sites (tertiary alicyclic amines) is 1. The minimum atomic E-state index is -4.09. The molecule has 13 heteroatoms. The van der Waals surface area contributed by atoms with E-state index in [1.807, 2.05) is 0 Å². The first-order valence-corrected chi connectivity index (χ1v) is 11.0. The van der Waals surface area contributed by atoms with Gasteiger partial charge in [-0.1, -0.05) is 11.6 Å². The van der Waals surface area contributed by atoms with E-state index >= 15 is 0 Å². The fraction of sp³-hybridized carbons (Fsp3) is 0.333. The van der Waals surface area contributed by atoms with Gasteiger partial charge in [-0.25, -0.2) is 22.3 Å². The second-order valence-corrected chi connectivity index (χ2v) is 9.44. The molecule has 2 atom stereocenters. The van der Waals surface area contributed by atoms with Gasteiger partial charge in [0.15, 0.2) is 11.4 Å². The number of hydrogen-bond donors (Lipinski definition) is 3. The lowest BCUT2D eigenvalue weighted by molar-refractivity contribution is 0.101. The third-order valence-electron chi connectivity index (χ3n) is 5.24. The van der Waals surface area contributed by atoms with E-state index in [2.05, 4.69) is 10.0 Å². The number of nitrogens with one attached hydrogen (secondary N) is 2. The number of amides is 2. The van der Waals surface area contributed by atoms with Gasteiger partial charge in [-0.3, -0.25) is 4.79 Å². The lowest BCUT2D eigenvalue weighted by Crippen LogP contribution is -2.43. The van der Waals surface area contributed by atoms with Crippen molar-refractivity contribution in [1.29, 1.82) is 0 Å².